The summed E-state index contributed by atoms with van der Waals surface area (Å²) >= 11 is 0. The maximum Gasteiger partial charge on any atom is 0.331 e. The first-order chi connectivity index (χ1) is 23.5. The molecule has 3 aliphatic heterocycles. The molecular formula is C40H62O9. The predicted molar refractivity (Wildman–Crippen MR) is 182 cm³/mol. The Morgan fingerprint density at radius 2 is 1.73 bits per heavy atom. The second kappa shape index (κ2) is 13.6. The highest BCUT2D eigenvalue weighted by Gasteiger charge is 2.71. The summed E-state index contributed by atoms with van der Waals surface area (Å²) in [6.45, 7) is 8.92. The third-order valence-electron chi connectivity index (χ3n) is 15.0. The highest BCUT2D eigenvalue weighted by Crippen LogP contribution is 2.70. The van der Waals surface area contributed by atoms with Crippen LogP contribution in [0, 0.1) is 28.6 Å². The minimum absolute atomic E-state index is 0.0769. The average Bonchev–Trinajstić information content (AvgIpc) is 3.75. The number of cyclic esters (lactones) is 1. The molecule has 3 heterocycles. The van der Waals surface area contributed by atoms with Gasteiger partial charge in [-0.05, 0) is 94.5 Å². The summed E-state index contributed by atoms with van der Waals surface area (Å²) in [7, 11) is 0. The van der Waals surface area contributed by atoms with Crippen LogP contribution < -0.4 is 0 Å². The van der Waals surface area contributed by atoms with Crippen molar-refractivity contribution in [2.75, 3.05) is 6.61 Å². The molecule has 0 aromatic heterocycles. The zero-order chi connectivity index (χ0) is 34.7. The SMILES string of the molecule is CCCCCCCCC1(CC)OC2C[C@H](O[C@H]3CC[C@]4(C=O)C5CC[C@]6(C)[C@@H](C7=CC(=O)OC7)CC[C@]6(O)C5CC[C@]4(O)C3)OC(C)[C@H]2O1. The maximum atomic E-state index is 13.3. The normalized spacial score (nSPS) is 49.0. The monoisotopic (exact) mass is 686 g/mol. The lowest BCUT2D eigenvalue weighted by molar-refractivity contribution is -0.278. The molecule has 0 aromatic carbocycles. The maximum absolute atomic E-state index is 13.3. The van der Waals surface area contributed by atoms with Gasteiger partial charge >= 0.3 is 5.97 Å². The summed E-state index contributed by atoms with van der Waals surface area (Å²) in [6, 6.07) is 0. The van der Waals surface area contributed by atoms with E-state index in [2.05, 4.69) is 20.8 Å². The lowest BCUT2D eigenvalue weighted by Gasteiger charge is -2.65. The Labute approximate surface area is 293 Å². The van der Waals surface area contributed by atoms with Crippen LogP contribution in [0.1, 0.15) is 143 Å². The van der Waals surface area contributed by atoms with Gasteiger partial charge in [0.25, 0.3) is 0 Å². The van der Waals surface area contributed by atoms with Crippen LogP contribution in [0.3, 0.4) is 0 Å². The van der Waals surface area contributed by atoms with E-state index in [4.69, 9.17) is 23.7 Å². The minimum atomic E-state index is -1.19. The van der Waals surface area contributed by atoms with Gasteiger partial charge in [0.1, 0.15) is 19.0 Å². The van der Waals surface area contributed by atoms with Crippen LogP contribution >= 0.6 is 0 Å². The molecule has 0 amide bonds. The Kier molecular flexibility index (Phi) is 9.97. The van der Waals surface area contributed by atoms with Gasteiger partial charge in [-0.25, -0.2) is 4.79 Å². The second-order valence-corrected chi connectivity index (χ2v) is 17.3. The standard InChI is InChI=1S/C40H62O9/c1-5-7-8-9-10-11-16-39(6-2)48-32-22-34(46-26(3)35(32)49-39)47-28-12-18-37(25-41)30-13-17-36(4)29(27-21-33(42)45-24-27)15-20-40(36,44)31(30)14-19-38(37,43)23-28/h21,25-26,28-32,34-35,43-44H,5-20,22-24H2,1-4H3/t26?,28-,29+,30?,31?,32?,34-,35+,36+,37-,38-,39?,40-/m0/s1. The predicted octanol–water partition coefficient (Wildman–Crippen LogP) is 6.70. The van der Waals surface area contributed by atoms with Gasteiger partial charge in [-0.15, -0.1) is 0 Å². The number of hydrogen-bond donors (Lipinski definition) is 2. The van der Waals surface area contributed by atoms with Crippen molar-refractivity contribution in [3.8, 4) is 0 Å². The van der Waals surface area contributed by atoms with Crippen molar-refractivity contribution in [3.05, 3.63) is 11.6 Å². The van der Waals surface area contributed by atoms with Crippen LogP contribution in [0.2, 0.25) is 0 Å². The molecule has 0 radical (unpaired) electrons. The Bertz CT molecular complexity index is 1270. The molecule has 2 N–H and O–H groups in total. The third kappa shape index (κ3) is 5.89. The Morgan fingerprint density at radius 3 is 2.47 bits per heavy atom. The largest absolute Gasteiger partial charge is 0.458 e. The average molecular weight is 687 g/mol. The molecule has 0 aromatic rings. The number of rotatable bonds is 12. The number of carbonyl (C=O) groups excluding carboxylic acids is 2. The van der Waals surface area contributed by atoms with Crippen molar-refractivity contribution in [2.45, 2.75) is 191 Å². The first-order valence-electron chi connectivity index (χ1n) is 19.9. The van der Waals surface area contributed by atoms with Crippen LogP contribution in [0.4, 0.5) is 0 Å². The van der Waals surface area contributed by atoms with E-state index in [9.17, 15) is 19.8 Å². The first kappa shape index (κ1) is 36.0. The molecule has 5 unspecified atom stereocenters. The van der Waals surface area contributed by atoms with Gasteiger partial charge in [-0.1, -0.05) is 52.9 Å². The van der Waals surface area contributed by atoms with Gasteiger partial charge in [-0.3, -0.25) is 0 Å². The molecule has 4 aliphatic carbocycles. The van der Waals surface area contributed by atoms with Gasteiger partial charge in [0.15, 0.2) is 12.1 Å². The van der Waals surface area contributed by atoms with E-state index >= 15 is 0 Å². The van der Waals surface area contributed by atoms with E-state index in [0.29, 0.717) is 51.6 Å². The van der Waals surface area contributed by atoms with E-state index in [-0.39, 0.29) is 48.1 Å². The Balaban J connectivity index is 0.992. The van der Waals surface area contributed by atoms with Gasteiger partial charge in [0, 0.05) is 30.8 Å². The fraction of sp³-hybridized carbons (Fsp3) is 0.900. The molecule has 0 bridgehead atoms. The lowest BCUT2D eigenvalue weighted by atomic mass is 9.41. The van der Waals surface area contributed by atoms with Gasteiger partial charge in [0.05, 0.1) is 34.9 Å². The van der Waals surface area contributed by atoms with Crippen LogP contribution in [0.25, 0.3) is 0 Å². The summed E-state index contributed by atoms with van der Waals surface area (Å²) in [4.78, 5) is 25.2. The van der Waals surface area contributed by atoms with E-state index in [0.717, 1.165) is 50.4 Å². The molecular weight excluding hydrogens is 624 g/mol. The molecule has 4 saturated carbocycles. The summed E-state index contributed by atoms with van der Waals surface area (Å²) < 4.78 is 31.6. The van der Waals surface area contributed by atoms with Crippen molar-refractivity contribution >= 4 is 12.3 Å². The molecule has 276 valence electrons. The number of esters is 1. The quantitative estimate of drug-likeness (QED) is 0.100. The molecule has 6 fully saturated rings. The van der Waals surface area contributed by atoms with Gasteiger partial charge < -0.3 is 38.7 Å². The van der Waals surface area contributed by atoms with Gasteiger partial charge in [-0.2, -0.15) is 0 Å². The fourth-order valence-electron chi connectivity index (χ4n) is 12.2. The van der Waals surface area contributed by atoms with E-state index in [1.165, 1.54) is 32.1 Å². The summed E-state index contributed by atoms with van der Waals surface area (Å²) in [5.74, 6) is -0.938. The molecule has 0 spiro atoms. The molecule has 2 saturated heterocycles. The molecule has 13 atom stereocenters. The molecule has 9 nitrogen and oxygen atoms in total. The number of fused-ring (bicyclic) bond motifs is 6. The van der Waals surface area contributed by atoms with E-state index in [1.54, 1.807) is 6.08 Å². The zero-order valence-corrected chi connectivity index (χ0v) is 30.5. The highest BCUT2D eigenvalue weighted by atomic mass is 16.8. The summed E-state index contributed by atoms with van der Waals surface area (Å²) in [5.41, 5.74) is -2.46. The van der Waals surface area contributed by atoms with Gasteiger partial charge in [0.2, 0.25) is 0 Å². The summed E-state index contributed by atoms with van der Waals surface area (Å²) in [6.07, 6.45) is 17.0. The van der Waals surface area contributed by atoms with Crippen LogP contribution in [-0.2, 0) is 33.3 Å². The number of carbonyl (C=O) groups is 2. The number of unbranched alkanes of at least 4 members (excludes halogenated alkanes) is 5. The second-order valence-electron chi connectivity index (χ2n) is 17.3. The van der Waals surface area contributed by atoms with Crippen molar-refractivity contribution < 1.29 is 43.5 Å². The third-order valence-corrected chi connectivity index (χ3v) is 15.0. The Hall–Kier alpha value is -1.36. The lowest BCUT2D eigenvalue weighted by Crippen LogP contribution is -2.69. The van der Waals surface area contributed by atoms with E-state index < -0.39 is 34.1 Å². The number of hydrogen-bond acceptors (Lipinski definition) is 9. The molecule has 49 heavy (non-hydrogen) atoms. The number of aliphatic hydroxyl groups is 2. The number of ether oxygens (including phenoxy) is 5. The van der Waals surface area contributed by atoms with Crippen LogP contribution in [0.15, 0.2) is 11.6 Å². The van der Waals surface area contributed by atoms with Crippen LogP contribution in [-0.4, -0.2) is 76.8 Å². The molecule has 7 aliphatic rings. The fourth-order valence-corrected chi connectivity index (χ4v) is 12.2. The molecule has 9 heteroatoms. The minimum Gasteiger partial charge on any atom is -0.458 e. The highest BCUT2D eigenvalue weighted by molar-refractivity contribution is 5.85. The van der Waals surface area contributed by atoms with Crippen molar-refractivity contribution in [3.63, 3.8) is 0 Å². The van der Waals surface area contributed by atoms with Crippen LogP contribution in [0.5, 0.6) is 0 Å². The van der Waals surface area contributed by atoms with Crippen molar-refractivity contribution in [1.82, 2.24) is 0 Å². The van der Waals surface area contributed by atoms with E-state index in [1.807, 2.05) is 6.92 Å². The van der Waals surface area contributed by atoms with Crippen molar-refractivity contribution in [1.29, 1.82) is 0 Å². The zero-order valence-electron chi connectivity index (χ0n) is 30.5. The molecule has 7 rings (SSSR count). The van der Waals surface area contributed by atoms with Crippen molar-refractivity contribution in [2.24, 2.45) is 28.6 Å². The Morgan fingerprint density at radius 1 is 0.959 bits per heavy atom. The topological polar surface area (TPSA) is 121 Å². The smallest absolute Gasteiger partial charge is 0.331 e. The number of aldehydes is 1. The first-order valence-corrected chi connectivity index (χ1v) is 19.9. The summed E-state index contributed by atoms with van der Waals surface area (Å²) in [5, 5.41) is 25.0.